The lowest BCUT2D eigenvalue weighted by atomic mass is 10.0. The molecule has 0 saturated heterocycles. The van der Waals surface area contributed by atoms with E-state index in [9.17, 15) is 13.2 Å². The molecule has 7 heteroatoms. The summed E-state index contributed by atoms with van der Waals surface area (Å²) in [6.45, 7) is 0.147. The number of rotatable bonds is 2. The molecule has 0 fully saturated rings. The molecule has 0 saturated carbocycles. The number of methoxy groups -OCH3 is 1. The smallest absolute Gasteiger partial charge is 0.316 e. The van der Waals surface area contributed by atoms with E-state index in [1.807, 2.05) is 0 Å². The Hall–Kier alpha value is -1.27. The molecular formula is C10H9ClO5S. The van der Waals surface area contributed by atoms with Gasteiger partial charge in [0.2, 0.25) is 0 Å². The molecule has 0 unspecified atom stereocenters. The number of fused-ring (bicyclic) bond motifs is 1. The number of ether oxygens (including phenoxy) is 2. The van der Waals surface area contributed by atoms with Crippen molar-refractivity contribution in [1.29, 1.82) is 0 Å². The van der Waals surface area contributed by atoms with Crippen LogP contribution in [-0.2, 0) is 18.6 Å². The Kier molecular flexibility index (Phi) is 3.01. The van der Waals surface area contributed by atoms with Crippen LogP contribution in [0, 0.1) is 0 Å². The molecule has 5 nitrogen and oxygen atoms in total. The summed E-state index contributed by atoms with van der Waals surface area (Å²) in [6, 6.07) is 4.15. The van der Waals surface area contributed by atoms with E-state index in [1.54, 1.807) is 0 Å². The van der Waals surface area contributed by atoms with E-state index in [4.69, 9.17) is 15.4 Å². The van der Waals surface area contributed by atoms with Gasteiger partial charge in [0.15, 0.2) is 0 Å². The van der Waals surface area contributed by atoms with Crippen LogP contribution >= 0.6 is 10.7 Å². The second-order valence-corrected chi connectivity index (χ2v) is 6.09. The van der Waals surface area contributed by atoms with Crippen LogP contribution in [0.4, 0.5) is 0 Å². The van der Waals surface area contributed by atoms with Gasteiger partial charge in [0, 0.05) is 16.2 Å². The SMILES string of the molecule is COC(=O)[C@H]1COc2ccc(S(=O)(=O)Cl)cc21. The summed E-state index contributed by atoms with van der Waals surface area (Å²) in [5.41, 5.74) is 0.485. The number of carbonyl (C=O) groups is 1. The number of hydrogen-bond acceptors (Lipinski definition) is 5. The van der Waals surface area contributed by atoms with Gasteiger partial charge in [0.25, 0.3) is 9.05 Å². The molecule has 1 aliphatic rings. The molecule has 0 aromatic heterocycles. The van der Waals surface area contributed by atoms with Crippen molar-refractivity contribution in [2.45, 2.75) is 10.8 Å². The van der Waals surface area contributed by atoms with Crippen LogP contribution in [0.5, 0.6) is 5.75 Å². The van der Waals surface area contributed by atoms with Crippen LogP contribution < -0.4 is 4.74 Å². The molecule has 0 bridgehead atoms. The minimum Gasteiger partial charge on any atom is -0.492 e. The van der Waals surface area contributed by atoms with Gasteiger partial charge in [0.1, 0.15) is 18.3 Å². The zero-order valence-corrected chi connectivity index (χ0v) is 10.4. The lowest BCUT2D eigenvalue weighted by Crippen LogP contribution is -2.15. The molecule has 0 radical (unpaired) electrons. The molecule has 0 amide bonds. The Labute approximate surface area is 103 Å². The van der Waals surface area contributed by atoms with E-state index in [2.05, 4.69) is 4.74 Å². The van der Waals surface area contributed by atoms with Gasteiger partial charge >= 0.3 is 5.97 Å². The van der Waals surface area contributed by atoms with Crippen molar-refractivity contribution in [3.8, 4) is 5.75 Å². The number of esters is 1. The van der Waals surface area contributed by atoms with Crippen molar-refractivity contribution in [2.75, 3.05) is 13.7 Å². The normalized spacial score (nSPS) is 18.4. The van der Waals surface area contributed by atoms with Crippen molar-refractivity contribution in [2.24, 2.45) is 0 Å². The average Bonchev–Trinajstić information content (AvgIpc) is 2.69. The van der Waals surface area contributed by atoms with Crippen molar-refractivity contribution < 1.29 is 22.7 Å². The van der Waals surface area contributed by atoms with E-state index in [1.165, 1.54) is 25.3 Å². The second-order valence-electron chi connectivity index (χ2n) is 3.52. The molecule has 1 aromatic carbocycles. The lowest BCUT2D eigenvalue weighted by Gasteiger charge is -2.06. The molecule has 0 aliphatic carbocycles. The topological polar surface area (TPSA) is 69.7 Å². The van der Waals surface area contributed by atoms with Crippen LogP contribution in [0.2, 0.25) is 0 Å². The van der Waals surface area contributed by atoms with E-state index < -0.39 is 20.9 Å². The quantitative estimate of drug-likeness (QED) is 0.601. The zero-order valence-electron chi connectivity index (χ0n) is 8.84. The molecular weight excluding hydrogens is 268 g/mol. The highest BCUT2D eigenvalue weighted by molar-refractivity contribution is 8.13. The maximum Gasteiger partial charge on any atom is 0.316 e. The third kappa shape index (κ3) is 2.23. The van der Waals surface area contributed by atoms with Gasteiger partial charge < -0.3 is 9.47 Å². The monoisotopic (exact) mass is 276 g/mol. The number of halogens is 1. The molecule has 2 rings (SSSR count). The summed E-state index contributed by atoms with van der Waals surface area (Å²) in [7, 11) is 2.69. The van der Waals surface area contributed by atoms with Crippen LogP contribution in [0.1, 0.15) is 11.5 Å². The van der Waals surface area contributed by atoms with Crippen molar-refractivity contribution in [3.05, 3.63) is 23.8 Å². The summed E-state index contributed by atoms with van der Waals surface area (Å²) in [5, 5.41) is 0. The van der Waals surface area contributed by atoms with Crippen LogP contribution in [0.3, 0.4) is 0 Å². The number of hydrogen-bond donors (Lipinski definition) is 0. The van der Waals surface area contributed by atoms with Gasteiger partial charge in [-0.3, -0.25) is 4.79 Å². The molecule has 1 atom stereocenters. The predicted octanol–water partition coefficient (Wildman–Crippen LogP) is 1.26. The molecule has 1 aromatic rings. The minimum atomic E-state index is -3.82. The summed E-state index contributed by atoms with van der Waals surface area (Å²) in [4.78, 5) is 11.4. The number of carbonyl (C=O) groups excluding carboxylic acids is 1. The Morgan fingerprint density at radius 1 is 1.53 bits per heavy atom. The third-order valence-corrected chi connectivity index (χ3v) is 3.88. The third-order valence-electron chi connectivity index (χ3n) is 2.53. The standard InChI is InChI=1S/C10H9ClO5S/c1-15-10(12)8-5-16-9-3-2-6(4-7(8)9)17(11,13)14/h2-4,8H,5H2,1H3/t8-/m0/s1. The fourth-order valence-corrected chi connectivity index (χ4v) is 2.47. The van der Waals surface area contributed by atoms with Crippen molar-refractivity contribution in [1.82, 2.24) is 0 Å². The number of benzene rings is 1. The fraction of sp³-hybridized carbons (Fsp3) is 0.300. The predicted molar refractivity (Wildman–Crippen MR) is 59.7 cm³/mol. The van der Waals surface area contributed by atoms with Crippen molar-refractivity contribution >= 4 is 25.7 Å². The lowest BCUT2D eigenvalue weighted by molar-refractivity contribution is -0.142. The Morgan fingerprint density at radius 3 is 2.82 bits per heavy atom. The molecule has 0 spiro atoms. The van der Waals surface area contributed by atoms with Gasteiger partial charge in [-0.1, -0.05) is 0 Å². The second kappa shape index (κ2) is 4.19. The van der Waals surface area contributed by atoms with Crippen LogP contribution in [0.25, 0.3) is 0 Å². The van der Waals surface area contributed by atoms with Crippen LogP contribution in [0.15, 0.2) is 23.1 Å². The molecule has 92 valence electrons. The Morgan fingerprint density at radius 2 is 2.24 bits per heavy atom. The van der Waals surface area contributed by atoms with Crippen LogP contribution in [-0.4, -0.2) is 28.1 Å². The Bertz CT molecular complexity index is 566. The maximum atomic E-state index is 11.5. The highest BCUT2D eigenvalue weighted by atomic mass is 35.7. The highest BCUT2D eigenvalue weighted by Gasteiger charge is 2.32. The van der Waals surface area contributed by atoms with Crippen molar-refractivity contribution in [3.63, 3.8) is 0 Å². The zero-order chi connectivity index (χ0) is 12.6. The van der Waals surface area contributed by atoms with Gasteiger partial charge in [-0.25, -0.2) is 8.42 Å². The first-order chi connectivity index (χ1) is 7.93. The van der Waals surface area contributed by atoms with Gasteiger partial charge in [-0.2, -0.15) is 0 Å². The van der Waals surface area contributed by atoms with Gasteiger partial charge in [0.05, 0.1) is 12.0 Å². The molecule has 17 heavy (non-hydrogen) atoms. The van der Waals surface area contributed by atoms with E-state index in [0.717, 1.165) is 0 Å². The van der Waals surface area contributed by atoms with Gasteiger partial charge in [-0.05, 0) is 18.2 Å². The molecule has 1 aliphatic heterocycles. The first-order valence-electron chi connectivity index (χ1n) is 4.72. The summed E-state index contributed by atoms with van der Waals surface area (Å²) < 4.78 is 32.3. The fourth-order valence-electron chi connectivity index (χ4n) is 1.68. The van der Waals surface area contributed by atoms with Gasteiger partial charge in [-0.15, -0.1) is 0 Å². The minimum absolute atomic E-state index is 0.0580. The first-order valence-corrected chi connectivity index (χ1v) is 7.03. The van der Waals surface area contributed by atoms with E-state index in [0.29, 0.717) is 11.3 Å². The summed E-state index contributed by atoms with van der Waals surface area (Å²) in [5.74, 6) is -0.592. The molecule has 1 heterocycles. The highest BCUT2D eigenvalue weighted by Crippen LogP contribution is 2.36. The summed E-state index contributed by atoms with van der Waals surface area (Å²) >= 11 is 0. The molecule has 0 N–H and O–H groups in total. The summed E-state index contributed by atoms with van der Waals surface area (Å²) in [6.07, 6.45) is 0. The average molecular weight is 277 g/mol. The first kappa shape index (κ1) is 12.2. The van der Waals surface area contributed by atoms with E-state index >= 15 is 0 Å². The van der Waals surface area contributed by atoms with E-state index in [-0.39, 0.29) is 11.5 Å². The maximum absolute atomic E-state index is 11.5. The Balaban J connectivity index is 2.48. The largest absolute Gasteiger partial charge is 0.492 e.